The second-order valence-electron chi connectivity index (χ2n) is 15.8. The lowest BCUT2D eigenvalue weighted by atomic mass is 9.59. The lowest BCUT2D eigenvalue weighted by Crippen LogP contribution is -2.70. The third-order valence-corrected chi connectivity index (χ3v) is 14.0. The zero-order chi connectivity index (χ0) is 27.9. The van der Waals surface area contributed by atoms with Crippen molar-refractivity contribution in [3.63, 3.8) is 0 Å². The molecule has 0 amide bonds. The highest BCUT2D eigenvalue weighted by molar-refractivity contribution is 5.29. The van der Waals surface area contributed by atoms with Crippen molar-refractivity contribution < 1.29 is 0 Å². The first-order valence-electron chi connectivity index (χ1n) is 18.6. The maximum Gasteiger partial charge on any atom is 0.0812 e. The molecule has 4 saturated carbocycles. The molecular weight excluding hydrogens is 502 g/mol. The van der Waals surface area contributed by atoms with Crippen molar-refractivity contribution in [2.75, 3.05) is 13.2 Å². The Morgan fingerprint density at radius 2 is 1.61 bits per heavy atom. The average Bonchev–Trinajstić information content (AvgIpc) is 3.77. The smallest absolute Gasteiger partial charge is 0.0812 e. The SMILES string of the molecule is CCC1NN(C(C2=CCCCC2)(C2CCCCC2)C2CCCCC2)C2NCNC(C3CCCC(C4(CN)CC4)C3)C12. The van der Waals surface area contributed by atoms with Crippen LogP contribution >= 0.6 is 0 Å². The minimum Gasteiger partial charge on any atom is -0.330 e. The van der Waals surface area contributed by atoms with Crippen LogP contribution in [0.15, 0.2) is 11.6 Å². The van der Waals surface area contributed by atoms with Crippen LogP contribution < -0.4 is 21.8 Å². The first-order chi connectivity index (χ1) is 20.2. The van der Waals surface area contributed by atoms with Gasteiger partial charge >= 0.3 is 0 Å². The summed E-state index contributed by atoms with van der Waals surface area (Å²) in [6.45, 7) is 4.35. The molecule has 0 bridgehead atoms. The Morgan fingerprint density at radius 1 is 0.878 bits per heavy atom. The molecular formula is C36H63N5. The van der Waals surface area contributed by atoms with Gasteiger partial charge in [0.25, 0.3) is 0 Å². The molecule has 0 aromatic rings. The molecule has 2 saturated heterocycles. The Kier molecular flexibility index (Phi) is 8.92. The summed E-state index contributed by atoms with van der Waals surface area (Å²) in [5.74, 6) is 3.92. The van der Waals surface area contributed by atoms with E-state index in [-0.39, 0.29) is 5.54 Å². The molecule has 6 unspecified atom stereocenters. The van der Waals surface area contributed by atoms with Gasteiger partial charge < -0.3 is 11.1 Å². The number of hydrogen-bond donors (Lipinski definition) is 4. The first kappa shape index (κ1) is 29.3. The number of nitrogens with two attached hydrogens (primary N) is 1. The Morgan fingerprint density at radius 3 is 2.22 bits per heavy atom. The summed E-state index contributed by atoms with van der Waals surface area (Å²) in [6, 6.07) is 1.18. The van der Waals surface area contributed by atoms with E-state index >= 15 is 0 Å². The van der Waals surface area contributed by atoms with Crippen molar-refractivity contribution >= 4 is 0 Å². The van der Waals surface area contributed by atoms with Crippen LogP contribution in [0.4, 0.5) is 0 Å². The quantitative estimate of drug-likeness (QED) is 0.239. The zero-order valence-corrected chi connectivity index (χ0v) is 26.5. The van der Waals surface area contributed by atoms with Gasteiger partial charge in [-0.05, 0) is 126 Å². The topological polar surface area (TPSA) is 65.3 Å². The van der Waals surface area contributed by atoms with Gasteiger partial charge in [0, 0.05) is 24.7 Å². The standard InChI is InChI=1S/C36H63N5/c1-2-31-32-33(26-13-12-20-30(23-26)35(24-37)21-22-35)38-25-39-34(32)41(40-31)36(27-14-6-3-7-15-27,28-16-8-4-9-17-28)29-18-10-5-11-19-29/h14,26,28-34,38-40H,2-13,15-25,37H2,1H3. The molecule has 5 nitrogen and oxygen atoms in total. The number of hydrogen-bond acceptors (Lipinski definition) is 5. The van der Waals surface area contributed by atoms with E-state index in [1.54, 1.807) is 0 Å². The molecule has 6 fully saturated rings. The number of allylic oxidation sites excluding steroid dienone is 1. The summed E-state index contributed by atoms with van der Waals surface area (Å²) in [7, 11) is 0. The molecule has 0 aromatic carbocycles. The van der Waals surface area contributed by atoms with Crippen LogP contribution in [0.25, 0.3) is 0 Å². The molecule has 5 N–H and O–H groups in total. The predicted molar refractivity (Wildman–Crippen MR) is 170 cm³/mol. The Labute approximate surface area is 252 Å². The van der Waals surface area contributed by atoms with E-state index in [0.717, 1.165) is 36.9 Å². The molecule has 41 heavy (non-hydrogen) atoms. The van der Waals surface area contributed by atoms with Crippen molar-refractivity contribution in [3.8, 4) is 0 Å². The van der Waals surface area contributed by atoms with Gasteiger partial charge in [0.1, 0.15) is 0 Å². The third kappa shape index (κ3) is 5.20. The molecule has 6 atom stereocenters. The Bertz CT molecular complexity index is 882. The Hall–Kier alpha value is -0.460. The predicted octanol–water partition coefficient (Wildman–Crippen LogP) is 6.99. The fourth-order valence-corrected chi connectivity index (χ4v) is 11.8. The van der Waals surface area contributed by atoms with E-state index in [1.165, 1.54) is 135 Å². The van der Waals surface area contributed by atoms with Gasteiger partial charge in [-0.1, -0.05) is 63.5 Å². The van der Waals surface area contributed by atoms with E-state index in [4.69, 9.17) is 5.73 Å². The summed E-state index contributed by atoms with van der Waals surface area (Å²) >= 11 is 0. The van der Waals surface area contributed by atoms with E-state index in [1.807, 2.05) is 5.57 Å². The summed E-state index contributed by atoms with van der Waals surface area (Å²) in [4.78, 5) is 0. The summed E-state index contributed by atoms with van der Waals surface area (Å²) in [6.07, 6.45) is 32.7. The lowest BCUT2D eigenvalue weighted by Gasteiger charge is -2.58. The van der Waals surface area contributed by atoms with Gasteiger partial charge in [-0.3, -0.25) is 5.32 Å². The van der Waals surface area contributed by atoms with E-state index in [9.17, 15) is 0 Å². The van der Waals surface area contributed by atoms with Crippen LogP contribution in [0.1, 0.15) is 142 Å². The second kappa shape index (κ2) is 12.5. The molecule has 0 radical (unpaired) electrons. The molecule has 2 heterocycles. The molecule has 2 aliphatic heterocycles. The minimum absolute atomic E-state index is 0.204. The van der Waals surface area contributed by atoms with Crippen LogP contribution in [0, 0.1) is 35.0 Å². The van der Waals surface area contributed by atoms with Crippen LogP contribution in [0.2, 0.25) is 0 Å². The van der Waals surface area contributed by atoms with E-state index in [0.29, 0.717) is 29.6 Å². The highest BCUT2D eigenvalue weighted by Crippen LogP contribution is 2.58. The van der Waals surface area contributed by atoms with Gasteiger partial charge in [-0.15, -0.1) is 0 Å². The van der Waals surface area contributed by atoms with Gasteiger partial charge in [-0.2, -0.15) is 0 Å². The lowest BCUT2D eigenvalue weighted by molar-refractivity contribution is -0.0781. The summed E-state index contributed by atoms with van der Waals surface area (Å²) < 4.78 is 0. The molecule has 232 valence electrons. The maximum absolute atomic E-state index is 6.38. The molecule has 5 aliphatic carbocycles. The van der Waals surface area contributed by atoms with Crippen LogP contribution in [0.5, 0.6) is 0 Å². The molecule has 0 spiro atoms. The number of hydrazine groups is 1. The van der Waals surface area contributed by atoms with Gasteiger partial charge in [0.15, 0.2) is 0 Å². The first-order valence-corrected chi connectivity index (χ1v) is 18.6. The molecule has 5 heteroatoms. The number of rotatable bonds is 8. The third-order valence-electron chi connectivity index (χ3n) is 14.0. The van der Waals surface area contributed by atoms with Gasteiger partial charge in [0.2, 0.25) is 0 Å². The number of fused-ring (bicyclic) bond motifs is 1. The molecule has 7 aliphatic rings. The number of nitrogens with zero attached hydrogens (tertiary/aromatic N) is 1. The largest absolute Gasteiger partial charge is 0.330 e. The van der Waals surface area contributed by atoms with Gasteiger partial charge in [0.05, 0.1) is 11.7 Å². The fourth-order valence-electron chi connectivity index (χ4n) is 11.8. The van der Waals surface area contributed by atoms with Crippen molar-refractivity contribution in [2.45, 2.75) is 166 Å². The van der Waals surface area contributed by atoms with Crippen LogP contribution in [0.3, 0.4) is 0 Å². The average molecular weight is 566 g/mol. The normalized spacial score (nSPS) is 39.3. The highest BCUT2D eigenvalue weighted by atomic mass is 15.6. The Balaban J connectivity index is 1.25. The summed E-state index contributed by atoms with van der Waals surface area (Å²) in [5, 5.41) is 11.3. The van der Waals surface area contributed by atoms with Crippen molar-refractivity contribution in [1.82, 2.24) is 21.1 Å². The van der Waals surface area contributed by atoms with Crippen molar-refractivity contribution in [3.05, 3.63) is 11.6 Å². The van der Waals surface area contributed by atoms with Crippen molar-refractivity contribution in [1.29, 1.82) is 0 Å². The minimum atomic E-state index is 0.204. The van der Waals surface area contributed by atoms with Gasteiger partial charge in [-0.25, -0.2) is 10.4 Å². The second-order valence-corrected chi connectivity index (χ2v) is 15.8. The molecule has 7 rings (SSSR count). The monoisotopic (exact) mass is 566 g/mol. The molecule has 0 aromatic heterocycles. The number of nitrogens with one attached hydrogen (secondary N) is 3. The summed E-state index contributed by atoms with van der Waals surface area (Å²) in [5.41, 5.74) is 13.4. The van der Waals surface area contributed by atoms with Crippen LogP contribution in [-0.2, 0) is 0 Å². The zero-order valence-electron chi connectivity index (χ0n) is 26.5. The fraction of sp³-hybridized carbons (Fsp3) is 0.944. The highest BCUT2D eigenvalue weighted by Gasteiger charge is 2.61. The van der Waals surface area contributed by atoms with E-state index in [2.05, 4.69) is 34.1 Å². The maximum atomic E-state index is 6.38. The van der Waals surface area contributed by atoms with Crippen LogP contribution in [-0.4, -0.2) is 42.0 Å². The van der Waals surface area contributed by atoms with Crippen molar-refractivity contribution in [2.24, 2.45) is 40.7 Å². The van der Waals surface area contributed by atoms with E-state index < -0.39 is 0 Å².